The van der Waals surface area contributed by atoms with Crippen LogP contribution < -0.4 is 33.9 Å². The van der Waals surface area contributed by atoms with Gasteiger partial charge in [0, 0.05) is 23.3 Å². The van der Waals surface area contributed by atoms with Gasteiger partial charge in [-0.15, -0.1) is 0 Å². The SMILES string of the molecule is N#Cc1ccc[n+](Cc2ccc(-c3ccc(C[n+]4cccc(C#N)c4)cc3)cc2)c1.[Cl-].[Cl-]. The smallest absolute Gasteiger partial charge is 0.186 e. The number of rotatable bonds is 5. The number of halogens is 2. The Morgan fingerprint density at radius 2 is 0.938 bits per heavy atom. The molecule has 0 aliphatic rings. The molecular weight excluding hydrogens is 439 g/mol. The summed E-state index contributed by atoms with van der Waals surface area (Å²) in [5, 5.41) is 18.1. The third kappa shape index (κ3) is 6.15. The molecule has 6 heteroatoms. The van der Waals surface area contributed by atoms with E-state index in [1.54, 1.807) is 0 Å². The van der Waals surface area contributed by atoms with E-state index in [2.05, 4.69) is 60.7 Å². The van der Waals surface area contributed by atoms with E-state index in [0.717, 1.165) is 13.1 Å². The van der Waals surface area contributed by atoms with E-state index in [-0.39, 0.29) is 24.8 Å². The molecule has 2 aromatic heterocycles. The molecule has 0 unspecified atom stereocenters. The molecular formula is C26H20Cl2N4. The van der Waals surface area contributed by atoms with Gasteiger partial charge in [-0.3, -0.25) is 0 Å². The lowest BCUT2D eigenvalue weighted by Gasteiger charge is -2.05. The van der Waals surface area contributed by atoms with Crippen LogP contribution in [-0.4, -0.2) is 0 Å². The second-order valence-electron chi connectivity index (χ2n) is 7.15. The molecule has 0 saturated heterocycles. The fourth-order valence-electron chi connectivity index (χ4n) is 3.40. The van der Waals surface area contributed by atoms with Crippen LogP contribution in [0.5, 0.6) is 0 Å². The fraction of sp³-hybridized carbons (Fsp3) is 0.0769. The molecule has 2 aromatic carbocycles. The minimum absolute atomic E-state index is 0. The Balaban J connectivity index is 0.00000181. The minimum Gasteiger partial charge on any atom is -1.00 e. The molecule has 0 fully saturated rings. The van der Waals surface area contributed by atoms with E-state index in [1.807, 2.05) is 58.2 Å². The second-order valence-corrected chi connectivity index (χ2v) is 7.15. The van der Waals surface area contributed by atoms with Crippen molar-refractivity contribution in [1.29, 1.82) is 10.5 Å². The average Bonchev–Trinajstić information content (AvgIpc) is 2.80. The fourth-order valence-corrected chi connectivity index (χ4v) is 3.40. The van der Waals surface area contributed by atoms with Gasteiger partial charge in [0.25, 0.3) is 0 Å². The molecule has 0 N–H and O–H groups in total. The summed E-state index contributed by atoms with van der Waals surface area (Å²) in [7, 11) is 0. The lowest BCUT2D eigenvalue weighted by atomic mass is 10.0. The van der Waals surface area contributed by atoms with Crippen molar-refractivity contribution in [2.75, 3.05) is 0 Å². The van der Waals surface area contributed by atoms with E-state index in [1.165, 1.54) is 22.3 Å². The van der Waals surface area contributed by atoms with Crippen LogP contribution in [0, 0.1) is 22.7 Å². The third-order valence-corrected chi connectivity index (χ3v) is 4.95. The van der Waals surface area contributed by atoms with Crippen LogP contribution in [0.1, 0.15) is 22.3 Å². The number of pyridine rings is 2. The topological polar surface area (TPSA) is 55.3 Å². The van der Waals surface area contributed by atoms with E-state index in [9.17, 15) is 0 Å². The Labute approximate surface area is 200 Å². The molecule has 0 amide bonds. The van der Waals surface area contributed by atoms with Gasteiger partial charge in [-0.1, -0.05) is 48.5 Å². The Bertz CT molecular complexity index is 1150. The zero-order chi connectivity index (χ0) is 20.8. The van der Waals surface area contributed by atoms with Gasteiger partial charge in [-0.25, -0.2) is 0 Å². The molecule has 0 saturated carbocycles. The Morgan fingerprint density at radius 3 is 1.28 bits per heavy atom. The maximum absolute atomic E-state index is 9.04. The molecule has 0 spiro atoms. The predicted octanol–water partition coefficient (Wildman–Crippen LogP) is -2.22. The predicted molar refractivity (Wildman–Crippen MR) is 113 cm³/mol. The van der Waals surface area contributed by atoms with Crippen molar-refractivity contribution < 1.29 is 33.9 Å². The highest BCUT2D eigenvalue weighted by Gasteiger charge is 2.07. The third-order valence-electron chi connectivity index (χ3n) is 4.95. The average molecular weight is 459 g/mol. The van der Waals surface area contributed by atoms with Crippen LogP contribution in [0.15, 0.2) is 97.6 Å². The molecule has 0 radical (unpaired) electrons. The molecule has 4 aromatic rings. The van der Waals surface area contributed by atoms with Gasteiger partial charge < -0.3 is 24.8 Å². The van der Waals surface area contributed by atoms with Crippen molar-refractivity contribution in [1.82, 2.24) is 0 Å². The Kier molecular flexibility index (Phi) is 8.93. The van der Waals surface area contributed by atoms with Crippen LogP contribution in [0.2, 0.25) is 0 Å². The molecule has 4 rings (SSSR count). The molecule has 0 atom stereocenters. The van der Waals surface area contributed by atoms with Gasteiger partial charge in [0.2, 0.25) is 0 Å². The summed E-state index contributed by atoms with van der Waals surface area (Å²) in [5.41, 5.74) is 6.02. The molecule has 0 bridgehead atoms. The van der Waals surface area contributed by atoms with Gasteiger partial charge >= 0.3 is 0 Å². The highest BCUT2D eigenvalue weighted by molar-refractivity contribution is 5.63. The van der Waals surface area contributed by atoms with Crippen molar-refractivity contribution in [2.45, 2.75) is 13.1 Å². The molecule has 0 aliphatic heterocycles. The summed E-state index contributed by atoms with van der Waals surface area (Å²) in [6.45, 7) is 1.46. The maximum Gasteiger partial charge on any atom is 0.186 e. The van der Waals surface area contributed by atoms with Gasteiger partial charge in [0.1, 0.15) is 23.3 Å². The largest absolute Gasteiger partial charge is 1.00 e. The van der Waals surface area contributed by atoms with Crippen molar-refractivity contribution in [3.8, 4) is 23.3 Å². The molecule has 4 nitrogen and oxygen atoms in total. The molecule has 2 heterocycles. The second kappa shape index (κ2) is 11.6. The normalized spacial score (nSPS) is 9.56. The molecule has 32 heavy (non-hydrogen) atoms. The van der Waals surface area contributed by atoms with Crippen LogP contribution >= 0.6 is 0 Å². The first-order valence-corrected chi connectivity index (χ1v) is 9.70. The highest BCUT2D eigenvalue weighted by atomic mass is 35.5. The first kappa shape index (κ1) is 24.6. The van der Waals surface area contributed by atoms with Crippen LogP contribution in [0.3, 0.4) is 0 Å². The number of nitrogens with zero attached hydrogens (tertiary/aromatic N) is 4. The summed E-state index contributed by atoms with van der Waals surface area (Å²) in [4.78, 5) is 0. The first-order valence-electron chi connectivity index (χ1n) is 9.70. The van der Waals surface area contributed by atoms with Crippen LogP contribution in [-0.2, 0) is 13.1 Å². The van der Waals surface area contributed by atoms with Crippen molar-refractivity contribution in [3.05, 3.63) is 120 Å². The summed E-state index contributed by atoms with van der Waals surface area (Å²) in [6, 6.07) is 28.8. The highest BCUT2D eigenvalue weighted by Crippen LogP contribution is 2.20. The van der Waals surface area contributed by atoms with E-state index < -0.39 is 0 Å². The number of hydrogen-bond acceptors (Lipinski definition) is 2. The molecule has 158 valence electrons. The van der Waals surface area contributed by atoms with Crippen molar-refractivity contribution >= 4 is 0 Å². The van der Waals surface area contributed by atoms with Gasteiger partial charge in [0.15, 0.2) is 37.9 Å². The monoisotopic (exact) mass is 458 g/mol. The van der Waals surface area contributed by atoms with Crippen LogP contribution in [0.25, 0.3) is 11.1 Å². The van der Waals surface area contributed by atoms with Gasteiger partial charge in [-0.05, 0) is 23.3 Å². The van der Waals surface area contributed by atoms with Crippen LogP contribution in [0.4, 0.5) is 0 Å². The first-order chi connectivity index (χ1) is 14.7. The molecule has 0 aliphatic carbocycles. The van der Waals surface area contributed by atoms with Gasteiger partial charge in [0.05, 0.1) is 0 Å². The summed E-state index contributed by atoms with van der Waals surface area (Å²) < 4.78 is 4.03. The Morgan fingerprint density at radius 1 is 0.562 bits per heavy atom. The summed E-state index contributed by atoms with van der Waals surface area (Å²) >= 11 is 0. The van der Waals surface area contributed by atoms with E-state index in [0.29, 0.717) is 11.1 Å². The van der Waals surface area contributed by atoms with Crippen molar-refractivity contribution in [3.63, 3.8) is 0 Å². The summed E-state index contributed by atoms with van der Waals surface area (Å²) in [5.74, 6) is 0. The number of aromatic nitrogens is 2. The minimum atomic E-state index is 0. The summed E-state index contributed by atoms with van der Waals surface area (Å²) in [6.07, 6.45) is 7.66. The van der Waals surface area contributed by atoms with E-state index in [4.69, 9.17) is 10.5 Å². The maximum atomic E-state index is 9.04. The van der Waals surface area contributed by atoms with E-state index >= 15 is 0 Å². The quantitative estimate of drug-likeness (QED) is 0.318. The number of benzene rings is 2. The lowest BCUT2D eigenvalue weighted by Crippen LogP contribution is -3.00. The number of hydrogen-bond donors (Lipinski definition) is 0. The number of nitriles is 2. The zero-order valence-corrected chi connectivity index (χ0v) is 18.7. The standard InChI is InChI=1S/C26H20N4.2ClH/c27-15-23-3-1-13-29(19-23)17-21-5-9-25(10-6-21)26-11-7-22(8-12-26)18-30-14-2-4-24(16-28)20-30;;/h1-14,19-20H,17-18H2;2*1H/q+2;;/p-2. The zero-order valence-electron chi connectivity index (χ0n) is 17.2. The lowest BCUT2D eigenvalue weighted by molar-refractivity contribution is -0.688. The Hall–Kier alpha value is -3.70. The van der Waals surface area contributed by atoms with Gasteiger partial charge in [-0.2, -0.15) is 19.7 Å². The van der Waals surface area contributed by atoms with Crippen molar-refractivity contribution in [2.24, 2.45) is 0 Å².